The van der Waals surface area contributed by atoms with Crippen molar-refractivity contribution in [3.63, 3.8) is 0 Å². The highest BCUT2D eigenvalue weighted by Gasteiger charge is 2.39. The molecule has 0 bridgehead atoms. The van der Waals surface area contributed by atoms with Gasteiger partial charge in [0.15, 0.2) is 0 Å². The second kappa shape index (κ2) is 6.70. The lowest BCUT2D eigenvalue weighted by molar-refractivity contribution is -0.122. The minimum absolute atomic E-state index is 0.122. The summed E-state index contributed by atoms with van der Waals surface area (Å²) in [5, 5.41) is 5.75. The Bertz CT molecular complexity index is 731. The number of aromatic nitrogens is 1. The summed E-state index contributed by atoms with van der Waals surface area (Å²) in [7, 11) is 0. The van der Waals surface area contributed by atoms with Crippen LogP contribution in [0.2, 0.25) is 0 Å². The molecule has 2 amide bonds. The summed E-state index contributed by atoms with van der Waals surface area (Å²) in [6.07, 6.45) is 7.22. The van der Waals surface area contributed by atoms with Gasteiger partial charge in [0.25, 0.3) is 0 Å². The fourth-order valence-corrected chi connectivity index (χ4v) is 2.84. The average molecular weight is 325 g/mol. The molecule has 0 radical (unpaired) electrons. The standard InChI is InChI=1S/C18H19N3O3/c1-2-15(22)21-18(8-3-9-18)12-16(23)20-14-6-4-13(5-7-14)17-19-10-11-24-17/h2,4-7,10-11H,1,3,8-9,12H2,(H,20,23)(H,21,22). The van der Waals surface area contributed by atoms with Gasteiger partial charge in [-0.05, 0) is 49.6 Å². The van der Waals surface area contributed by atoms with Crippen LogP contribution in [0.15, 0.2) is 53.8 Å². The Labute approximate surface area is 140 Å². The number of nitrogens with one attached hydrogen (secondary N) is 2. The van der Waals surface area contributed by atoms with E-state index in [9.17, 15) is 9.59 Å². The van der Waals surface area contributed by atoms with E-state index in [1.54, 1.807) is 18.3 Å². The van der Waals surface area contributed by atoms with Gasteiger partial charge in [-0.2, -0.15) is 0 Å². The molecule has 2 aromatic rings. The van der Waals surface area contributed by atoms with Gasteiger partial charge in [0.1, 0.15) is 6.26 Å². The summed E-state index contributed by atoms with van der Waals surface area (Å²) in [5.74, 6) is 0.175. The molecule has 0 saturated heterocycles. The molecule has 1 saturated carbocycles. The maximum atomic E-state index is 12.3. The molecule has 24 heavy (non-hydrogen) atoms. The summed E-state index contributed by atoms with van der Waals surface area (Å²) in [6, 6.07) is 7.26. The molecular formula is C18H19N3O3. The van der Waals surface area contributed by atoms with E-state index in [1.807, 2.05) is 12.1 Å². The number of hydrogen-bond donors (Lipinski definition) is 2. The van der Waals surface area contributed by atoms with Crippen molar-refractivity contribution in [2.75, 3.05) is 5.32 Å². The van der Waals surface area contributed by atoms with E-state index in [0.717, 1.165) is 24.8 Å². The highest BCUT2D eigenvalue weighted by Crippen LogP contribution is 2.35. The maximum Gasteiger partial charge on any atom is 0.243 e. The molecule has 1 aliphatic rings. The summed E-state index contributed by atoms with van der Waals surface area (Å²) in [4.78, 5) is 27.9. The Morgan fingerprint density at radius 3 is 2.58 bits per heavy atom. The quantitative estimate of drug-likeness (QED) is 0.800. The Hall–Kier alpha value is -2.89. The number of oxazole rings is 1. The van der Waals surface area contributed by atoms with Crippen LogP contribution in [0.5, 0.6) is 0 Å². The predicted molar refractivity (Wildman–Crippen MR) is 90.1 cm³/mol. The largest absolute Gasteiger partial charge is 0.445 e. The van der Waals surface area contributed by atoms with Crippen molar-refractivity contribution < 1.29 is 14.0 Å². The zero-order valence-corrected chi connectivity index (χ0v) is 13.2. The number of rotatable bonds is 6. The van der Waals surface area contributed by atoms with Crippen LogP contribution in [0, 0.1) is 0 Å². The molecule has 1 aromatic heterocycles. The van der Waals surface area contributed by atoms with Gasteiger partial charge in [0, 0.05) is 16.8 Å². The molecule has 0 spiro atoms. The SMILES string of the molecule is C=CC(=O)NC1(CC(=O)Nc2ccc(-c3ncco3)cc2)CCC1. The van der Waals surface area contributed by atoms with Gasteiger partial charge < -0.3 is 15.1 Å². The summed E-state index contributed by atoms with van der Waals surface area (Å²) in [5.41, 5.74) is 1.10. The lowest BCUT2D eigenvalue weighted by atomic mass is 9.74. The molecule has 1 aliphatic carbocycles. The molecular weight excluding hydrogens is 306 g/mol. The molecule has 1 fully saturated rings. The molecule has 3 rings (SSSR count). The summed E-state index contributed by atoms with van der Waals surface area (Å²) in [6.45, 7) is 3.45. The van der Waals surface area contributed by atoms with Gasteiger partial charge in [0.05, 0.1) is 12.6 Å². The monoisotopic (exact) mass is 325 g/mol. The molecule has 1 heterocycles. The fourth-order valence-electron chi connectivity index (χ4n) is 2.84. The second-order valence-corrected chi connectivity index (χ2v) is 5.97. The van der Waals surface area contributed by atoms with Gasteiger partial charge in [-0.1, -0.05) is 6.58 Å². The van der Waals surface area contributed by atoms with Gasteiger partial charge >= 0.3 is 0 Å². The van der Waals surface area contributed by atoms with Crippen LogP contribution < -0.4 is 10.6 Å². The Balaban J connectivity index is 1.60. The zero-order valence-electron chi connectivity index (χ0n) is 13.2. The number of benzene rings is 1. The molecule has 124 valence electrons. The minimum atomic E-state index is -0.437. The third-order valence-electron chi connectivity index (χ3n) is 4.23. The summed E-state index contributed by atoms with van der Waals surface area (Å²) < 4.78 is 5.23. The molecule has 0 atom stereocenters. The molecule has 1 aromatic carbocycles. The van der Waals surface area contributed by atoms with Gasteiger partial charge in [-0.3, -0.25) is 9.59 Å². The number of nitrogens with zero attached hydrogens (tertiary/aromatic N) is 1. The highest BCUT2D eigenvalue weighted by atomic mass is 16.3. The van der Waals surface area contributed by atoms with Gasteiger partial charge in [-0.25, -0.2) is 4.98 Å². The maximum absolute atomic E-state index is 12.3. The zero-order chi connectivity index (χ0) is 17.0. The first-order valence-electron chi connectivity index (χ1n) is 7.85. The third-order valence-corrected chi connectivity index (χ3v) is 4.23. The number of carbonyl (C=O) groups excluding carboxylic acids is 2. The smallest absolute Gasteiger partial charge is 0.243 e. The van der Waals surface area contributed by atoms with Crippen LogP contribution in [0.1, 0.15) is 25.7 Å². The van der Waals surface area contributed by atoms with E-state index < -0.39 is 5.54 Å². The van der Waals surface area contributed by atoms with Crippen molar-refractivity contribution >= 4 is 17.5 Å². The van der Waals surface area contributed by atoms with Crippen molar-refractivity contribution in [1.82, 2.24) is 10.3 Å². The van der Waals surface area contributed by atoms with Gasteiger partial charge in [-0.15, -0.1) is 0 Å². The third kappa shape index (κ3) is 3.53. The first-order chi connectivity index (χ1) is 11.6. The van der Waals surface area contributed by atoms with Crippen molar-refractivity contribution in [3.05, 3.63) is 49.4 Å². The van der Waals surface area contributed by atoms with Crippen molar-refractivity contribution in [2.24, 2.45) is 0 Å². The van der Waals surface area contributed by atoms with Crippen molar-refractivity contribution in [3.8, 4) is 11.5 Å². The molecule has 2 N–H and O–H groups in total. The fraction of sp³-hybridized carbons (Fsp3) is 0.278. The first-order valence-corrected chi connectivity index (χ1v) is 7.85. The van der Waals surface area contributed by atoms with E-state index in [4.69, 9.17) is 4.42 Å². The average Bonchev–Trinajstić information content (AvgIpc) is 3.07. The van der Waals surface area contributed by atoms with Crippen LogP contribution >= 0.6 is 0 Å². The Kier molecular flexibility index (Phi) is 4.46. The highest BCUT2D eigenvalue weighted by molar-refractivity contribution is 5.93. The van der Waals surface area contributed by atoms with Crippen molar-refractivity contribution in [2.45, 2.75) is 31.2 Å². The van der Waals surface area contributed by atoms with Crippen molar-refractivity contribution in [1.29, 1.82) is 0 Å². The molecule has 6 nitrogen and oxygen atoms in total. The number of carbonyl (C=O) groups is 2. The van der Waals surface area contributed by atoms with E-state index >= 15 is 0 Å². The lowest BCUT2D eigenvalue weighted by Gasteiger charge is -2.41. The second-order valence-electron chi connectivity index (χ2n) is 5.97. The van der Waals surface area contributed by atoms with Crippen LogP contribution in [-0.2, 0) is 9.59 Å². The predicted octanol–water partition coefficient (Wildman–Crippen LogP) is 2.90. The first kappa shape index (κ1) is 16.0. The van der Waals surface area contributed by atoms with E-state index in [-0.39, 0.29) is 18.2 Å². The number of amides is 2. The minimum Gasteiger partial charge on any atom is -0.445 e. The van der Waals surface area contributed by atoms with Crippen LogP contribution in [0.4, 0.5) is 5.69 Å². The van der Waals surface area contributed by atoms with E-state index in [0.29, 0.717) is 11.6 Å². The molecule has 6 heteroatoms. The van der Waals surface area contributed by atoms with Crippen LogP contribution in [-0.4, -0.2) is 22.3 Å². The number of hydrogen-bond acceptors (Lipinski definition) is 4. The molecule has 0 aliphatic heterocycles. The lowest BCUT2D eigenvalue weighted by Crippen LogP contribution is -2.54. The summed E-state index contributed by atoms with van der Waals surface area (Å²) >= 11 is 0. The van der Waals surface area contributed by atoms with Crippen LogP contribution in [0.25, 0.3) is 11.5 Å². The Morgan fingerprint density at radius 1 is 1.29 bits per heavy atom. The van der Waals surface area contributed by atoms with E-state index in [1.165, 1.54) is 12.3 Å². The number of anilines is 1. The Morgan fingerprint density at radius 2 is 2.04 bits per heavy atom. The van der Waals surface area contributed by atoms with Gasteiger partial charge in [0.2, 0.25) is 17.7 Å². The topological polar surface area (TPSA) is 84.2 Å². The normalized spacial score (nSPS) is 15.2. The van der Waals surface area contributed by atoms with E-state index in [2.05, 4.69) is 22.2 Å². The van der Waals surface area contributed by atoms with Crippen LogP contribution in [0.3, 0.4) is 0 Å². The molecule has 0 unspecified atom stereocenters.